The van der Waals surface area contributed by atoms with Gasteiger partial charge in [0, 0.05) is 17.8 Å². The Morgan fingerprint density at radius 2 is 1.90 bits per heavy atom. The lowest BCUT2D eigenvalue weighted by molar-refractivity contribution is 0.0106. The van der Waals surface area contributed by atoms with Gasteiger partial charge in [-0.25, -0.2) is 4.39 Å². The molecule has 29 heavy (non-hydrogen) atoms. The van der Waals surface area contributed by atoms with Crippen LogP contribution < -0.4 is 10.1 Å². The van der Waals surface area contributed by atoms with Crippen LogP contribution in [0.25, 0.3) is 10.8 Å². The Balaban J connectivity index is 1.52. The van der Waals surface area contributed by atoms with Crippen molar-refractivity contribution in [2.75, 3.05) is 26.3 Å². The maximum atomic E-state index is 13.3. The average Bonchev–Trinajstić information content (AvgIpc) is 2.77. The van der Waals surface area contributed by atoms with Gasteiger partial charge < -0.3 is 19.9 Å². The number of rotatable bonds is 7. The summed E-state index contributed by atoms with van der Waals surface area (Å²) in [6, 6.07) is 18.9. The summed E-state index contributed by atoms with van der Waals surface area (Å²) in [4.78, 5) is 0. The number of hydrogen-bond donors (Lipinski definition) is 2. The Morgan fingerprint density at radius 1 is 1.07 bits per heavy atom. The summed E-state index contributed by atoms with van der Waals surface area (Å²) in [5.41, 5.74) is 2.14. The Labute approximate surface area is 170 Å². The molecule has 0 aromatic heterocycles. The van der Waals surface area contributed by atoms with E-state index >= 15 is 0 Å². The molecule has 0 aliphatic carbocycles. The van der Waals surface area contributed by atoms with E-state index in [9.17, 15) is 4.39 Å². The summed E-state index contributed by atoms with van der Waals surface area (Å²) < 4.78 is 25.4. The molecule has 4 rings (SSSR count). The molecule has 1 saturated heterocycles. The predicted octanol–water partition coefficient (Wildman–Crippen LogP) is 4.01. The number of benzene rings is 3. The van der Waals surface area contributed by atoms with E-state index in [1.165, 1.54) is 12.1 Å². The number of fused-ring (bicyclic) bond motifs is 1. The first kappa shape index (κ1) is 19.8. The van der Waals surface area contributed by atoms with E-state index in [-0.39, 0.29) is 31.1 Å². The fourth-order valence-corrected chi connectivity index (χ4v) is 3.99. The third-order valence-corrected chi connectivity index (χ3v) is 5.42. The molecule has 1 fully saturated rings. The van der Waals surface area contributed by atoms with Gasteiger partial charge in [-0.1, -0.05) is 36.4 Å². The molecule has 0 amide bonds. The lowest BCUT2D eigenvalue weighted by atomic mass is 9.88. The molecule has 152 valence electrons. The van der Waals surface area contributed by atoms with Crippen molar-refractivity contribution in [3.8, 4) is 5.75 Å². The SMILES string of the molecule is OCCOc1cc(COC2CNCCC2c2ccc(F)cc2)cc2ccccc12. The normalized spacial score (nSPS) is 19.4. The first-order valence-corrected chi connectivity index (χ1v) is 10.1. The number of nitrogens with one attached hydrogen (secondary N) is 1. The van der Waals surface area contributed by atoms with Crippen LogP contribution in [0.15, 0.2) is 60.7 Å². The summed E-state index contributed by atoms with van der Waals surface area (Å²) in [5.74, 6) is 0.779. The van der Waals surface area contributed by atoms with Crippen molar-refractivity contribution < 1.29 is 19.0 Å². The van der Waals surface area contributed by atoms with Crippen LogP contribution in [0.3, 0.4) is 0 Å². The van der Waals surface area contributed by atoms with Crippen LogP contribution >= 0.6 is 0 Å². The Bertz CT molecular complexity index is 945. The molecule has 3 aromatic carbocycles. The summed E-state index contributed by atoms with van der Waals surface area (Å²) in [6.45, 7) is 2.39. The van der Waals surface area contributed by atoms with Crippen molar-refractivity contribution in [2.45, 2.75) is 25.0 Å². The van der Waals surface area contributed by atoms with Gasteiger partial charge in [0.05, 0.1) is 19.3 Å². The summed E-state index contributed by atoms with van der Waals surface area (Å²) in [7, 11) is 0. The number of ether oxygens (including phenoxy) is 2. The highest BCUT2D eigenvalue weighted by Gasteiger charge is 2.27. The molecule has 0 bridgehead atoms. The topological polar surface area (TPSA) is 50.7 Å². The highest BCUT2D eigenvalue weighted by Crippen LogP contribution is 2.31. The zero-order valence-electron chi connectivity index (χ0n) is 16.3. The van der Waals surface area contributed by atoms with E-state index in [1.54, 1.807) is 0 Å². The van der Waals surface area contributed by atoms with Crippen molar-refractivity contribution >= 4 is 10.8 Å². The highest BCUT2D eigenvalue weighted by atomic mass is 19.1. The zero-order valence-corrected chi connectivity index (χ0v) is 16.3. The van der Waals surface area contributed by atoms with Crippen LogP contribution in [-0.2, 0) is 11.3 Å². The number of hydrogen-bond acceptors (Lipinski definition) is 4. The lowest BCUT2D eigenvalue weighted by Crippen LogP contribution is -2.40. The highest BCUT2D eigenvalue weighted by molar-refractivity contribution is 5.89. The molecule has 2 atom stereocenters. The number of aliphatic hydroxyl groups excluding tert-OH is 1. The first-order chi connectivity index (χ1) is 14.2. The first-order valence-electron chi connectivity index (χ1n) is 10.1. The fraction of sp³-hybridized carbons (Fsp3) is 0.333. The summed E-state index contributed by atoms with van der Waals surface area (Å²) >= 11 is 0. The van der Waals surface area contributed by atoms with Gasteiger partial charge in [0.2, 0.25) is 0 Å². The van der Waals surface area contributed by atoms with E-state index in [2.05, 4.69) is 11.4 Å². The van der Waals surface area contributed by atoms with Crippen LogP contribution in [0.4, 0.5) is 4.39 Å². The van der Waals surface area contributed by atoms with Crippen LogP contribution in [-0.4, -0.2) is 37.5 Å². The standard InChI is InChI=1S/C24H26FNO3/c25-20-7-5-18(6-8-20)22-9-10-26-15-24(22)29-16-17-13-19-3-1-2-4-21(19)23(14-17)28-12-11-27/h1-8,13-14,22,24,26-27H,9-12,15-16H2. The van der Waals surface area contributed by atoms with Crippen LogP contribution in [0.2, 0.25) is 0 Å². The molecule has 4 nitrogen and oxygen atoms in total. The van der Waals surface area contributed by atoms with Crippen molar-refractivity contribution in [3.63, 3.8) is 0 Å². The molecule has 2 unspecified atom stereocenters. The molecule has 2 N–H and O–H groups in total. The largest absolute Gasteiger partial charge is 0.491 e. The Kier molecular flexibility index (Phi) is 6.39. The van der Waals surface area contributed by atoms with Gasteiger partial charge in [-0.15, -0.1) is 0 Å². The molecule has 1 heterocycles. The summed E-state index contributed by atoms with van der Waals surface area (Å²) in [5, 5.41) is 14.6. The predicted molar refractivity (Wildman–Crippen MR) is 112 cm³/mol. The second-order valence-corrected chi connectivity index (χ2v) is 7.39. The minimum absolute atomic E-state index is 0.0162. The third kappa shape index (κ3) is 4.75. The number of aliphatic hydroxyl groups is 1. The fourth-order valence-electron chi connectivity index (χ4n) is 3.99. The maximum absolute atomic E-state index is 13.3. The van der Waals surface area contributed by atoms with Gasteiger partial charge >= 0.3 is 0 Å². The van der Waals surface area contributed by atoms with Crippen LogP contribution in [0.1, 0.15) is 23.5 Å². The Morgan fingerprint density at radius 3 is 2.72 bits per heavy atom. The minimum Gasteiger partial charge on any atom is -0.491 e. The lowest BCUT2D eigenvalue weighted by Gasteiger charge is -2.32. The summed E-state index contributed by atoms with van der Waals surface area (Å²) in [6.07, 6.45) is 0.973. The molecule has 1 aliphatic heterocycles. The minimum atomic E-state index is -0.216. The van der Waals surface area contributed by atoms with Crippen LogP contribution in [0.5, 0.6) is 5.75 Å². The molecule has 3 aromatic rings. The quantitative estimate of drug-likeness (QED) is 0.635. The number of halogens is 1. The smallest absolute Gasteiger partial charge is 0.127 e. The van der Waals surface area contributed by atoms with E-state index < -0.39 is 0 Å². The molecular weight excluding hydrogens is 369 g/mol. The second-order valence-electron chi connectivity index (χ2n) is 7.39. The van der Waals surface area contributed by atoms with Gasteiger partial charge in [-0.2, -0.15) is 0 Å². The molecule has 5 heteroatoms. The molecule has 0 radical (unpaired) electrons. The van der Waals surface area contributed by atoms with Crippen molar-refractivity contribution in [1.82, 2.24) is 5.32 Å². The van der Waals surface area contributed by atoms with Gasteiger partial charge in [-0.3, -0.25) is 0 Å². The third-order valence-electron chi connectivity index (χ3n) is 5.42. The molecule has 1 aliphatic rings. The van der Waals surface area contributed by atoms with Gasteiger partial charge in [0.15, 0.2) is 0 Å². The van der Waals surface area contributed by atoms with Crippen molar-refractivity contribution in [3.05, 3.63) is 77.6 Å². The van der Waals surface area contributed by atoms with Gasteiger partial charge in [-0.05, 0) is 53.7 Å². The zero-order chi connectivity index (χ0) is 20.1. The number of piperidine rings is 1. The molecular formula is C24H26FNO3. The van der Waals surface area contributed by atoms with E-state index in [0.29, 0.717) is 6.61 Å². The van der Waals surface area contributed by atoms with E-state index in [0.717, 1.165) is 47.2 Å². The van der Waals surface area contributed by atoms with Crippen molar-refractivity contribution in [1.29, 1.82) is 0 Å². The van der Waals surface area contributed by atoms with Crippen LogP contribution in [0, 0.1) is 5.82 Å². The van der Waals surface area contributed by atoms with Crippen molar-refractivity contribution in [2.24, 2.45) is 0 Å². The Hall–Kier alpha value is -2.47. The van der Waals surface area contributed by atoms with Gasteiger partial charge in [0.25, 0.3) is 0 Å². The molecule has 0 saturated carbocycles. The van der Waals surface area contributed by atoms with E-state index in [4.69, 9.17) is 14.6 Å². The van der Waals surface area contributed by atoms with Gasteiger partial charge in [0.1, 0.15) is 18.2 Å². The second kappa shape index (κ2) is 9.35. The monoisotopic (exact) mass is 395 g/mol. The average molecular weight is 395 g/mol. The molecule has 0 spiro atoms. The maximum Gasteiger partial charge on any atom is 0.127 e. The van der Waals surface area contributed by atoms with E-state index in [1.807, 2.05) is 42.5 Å².